The van der Waals surface area contributed by atoms with Crippen molar-refractivity contribution in [2.45, 2.75) is 30.7 Å². The van der Waals surface area contributed by atoms with Crippen LogP contribution in [-0.2, 0) is 24.8 Å². The minimum atomic E-state index is -3.80. The third kappa shape index (κ3) is 6.24. The maximum atomic E-state index is 13.2. The van der Waals surface area contributed by atoms with Crippen LogP contribution in [0.3, 0.4) is 0 Å². The van der Waals surface area contributed by atoms with E-state index in [-0.39, 0.29) is 23.7 Å². The Hall–Kier alpha value is -2.70. The second-order valence-electron chi connectivity index (χ2n) is 7.93. The van der Waals surface area contributed by atoms with E-state index in [0.717, 1.165) is 35.5 Å². The summed E-state index contributed by atoms with van der Waals surface area (Å²) in [5.41, 5.74) is 0.173. The first-order chi connectivity index (χ1) is 16.0. The number of rotatable bonds is 10. The molecule has 0 saturated carbocycles. The summed E-state index contributed by atoms with van der Waals surface area (Å²) in [4.78, 5) is 12.7. The molecule has 1 atom stereocenters. The maximum absolute atomic E-state index is 13.2. The monoisotopic (exact) mass is 513 g/mol. The highest BCUT2D eigenvalue weighted by Crippen LogP contribution is 2.23. The molecule has 1 aliphatic heterocycles. The van der Waals surface area contributed by atoms with E-state index < -0.39 is 37.8 Å². The molecule has 0 spiro atoms. The van der Waals surface area contributed by atoms with Gasteiger partial charge in [0.05, 0.1) is 23.4 Å². The zero-order valence-corrected chi connectivity index (χ0v) is 20.6. The van der Waals surface area contributed by atoms with Gasteiger partial charge in [0.1, 0.15) is 24.2 Å². The third-order valence-electron chi connectivity index (χ3n) is 5.37. The molecule has 1 amide bonds. The number of amides is 1. The van der Waals surface area contributed by atoms with Crippen molar-refractivity contribution >= 4 is 31.6 Å². The van der Waals surface area contributed by atoms with Crippen molar-refractivity contribution in [3.63, 3.8) is 0 Å². The van der Waals surface area contributed by atoms with Gasteiger partial charge in [-0.15, -0.1) is 0 Å². The summed E-state index contributed by atoms with van der Waals surface area (Å²) in [6.45, 7) is 2.66. The second-order valence-corrected chi connectivity index (χ2v) is 11.7. The predicted octanol–water partition coefficient (Wildman–Crippen LogP) is 1.96. The van der Waals surface area contributed by atoms with Gasteiger partial charge in [0.2, 0.25) is 26.0 Å². The molecule has 9 nitrogen and oxygen atoms in total. The zero-order valence-electron chi connectivity index (χ0n) is 19.0. The lowest BCUT2D eigenvalue weighted by atomic mass is 10.2. The Kier molecular flexibility index (Phi) is 8.16. The lowest BCUT2D eigenvalue weighted by Crippen LogP contribution is -2.48. The van der Waals surface area contributed by atoms with Crippen molar-refractivity contribution in [1.82, 2.24) is 9.62 Å². The van der Waals surface area contributed by atoms with Crippen molar-refractivity contribution in [3.05, 3.63) is 54.3 Å². The number of carbonyl (C=O) groups is 1. The normalized spacial score (nSPS) is 15.6. The quantitative estimate of drug-likeness (QED) is 0.486. The molecule has 1 heterocycles. The Bertz CT molecular complexity index is 1200. The van der Waals surface area contributed by atoms with Gasteiger partial charge < -0.3 is 10.1 Å². The van der Waals surface area contributed by atoms with Crippen molar-refractivity contribution in [2.24, 2.45) is 0 Å². The Morgan fingerprint density at radius 2 is 1.65 bits per heavy atom. The van der Waals surface area contributed by atoms with E-state index in [4.69, 9.17) is 4.74 Å². The standard InChI is InChI=1S/C22H28FN3O6S2/c1-17(26(33(2,28)29)19-7-5-18(23)6-8-19)22(27)24-13-16-32-20-9-11-21(12-10-20)34(30,31)25-14-3-4-15-25/h5-12,17H,3-4,13-16H2,1-2H3,(H,24,27)/t17-/m0/s1. The summed E-state index contributed by atoms with van der Waals surface area (Å²) in [5, 5.41) is 2.61. The van der Waals surface area contributed by atoms with Gasteiger partial charge in [-0.2, -0.15) is 4.31 Å². The summed E-state index contributed by atoms with van der Waals surface area (Å²) in [7, 11) is -7.31. The van der Waals surface area contributed by atoms with Crippen LogP contribution in [0.25, 0.3) is 0 Å². The van der Waals surface area contributed by atoms with Crippen LogP contribution in [-0.4, -0.2) is 65.6 Å². The number of halogens is 1. The van der Waals surface area contributed by atoms with Gasteiger partial charge >= 0.3 is 0 Å². The molecule has 0 unspecified atom stereocenters. The van der Waals surface area contributed by atoms with Gasteiger partial charge in [-0.3, -0.25) is 9.10 Å². The second kappa shape index (κ2) is 10.7. The number of carbonyl (C=O) groups excluding carboxylic acids is 1. The first-order valence-corrected chi connectivity index (χ1v) is 14.0. The molecule has 1 fully saturated rings. The highest BCUT2D eigenvalue weighted by molar-refractivity contribution is 7.92. The van der Waals surface area contributed by atoms with Crippen molar-refractivity contribution in [2.75, 3.05) is 36.8 Å². The first-order valence-electron chi connectivity index (χ1n) is 10.8. The molecule has 0 radical (unpaired) electrons. The molecule has 2 aromatic rings. The van der Waals surface area contributed by atoms with E-state index in [1.165, 1.54) is 35.5 Å². The van der Waals surface area contributed by atoms with Crippen molar-refractivity contribution < 1.29 is 30.8 Å². The van der Waals surface area contributed by atoms with E-state index >= 15 is 0 Å². The molecule has 34 heavy (non-hydrogen) atoms. The molecule has 0 aliphatic carbocycles. The highest BCUT2D eigenvalue weighted by atomic mass is 32.2. The Balaban J connectivity index is 1.53. The Morgan fingerprint density at radius 3 is 2.21 bits per heavy atom. The van der Waals surface area contributed by atoms with Crippen molar-refractivity contribution in [3.8, 4) is 5.75 Å². The van der Waals surface area contributed by atoms with Gasteiger partial charge in [-0.1, -0.05) is 0 Å². The van der Waals surface area contributed by atoms with E-state index in [9.17, 15) is 26.0 Å². The van der Waals surface area contributed by atoms with Gasteiger partial charge in [0, 0.05) is 13.1 Å². The average Bonchev–Trinajstić information content (AvgIpc) is 3.33. The number of anilines is 1. The molecule has 0 bridgehead atoms. The van der Waals surface area contributed by atoms with E-state index in [1.54, 1.807) is 12.1 Å². The summed E-state index contributed by atoms with van der Waals surface area (Å²) in [6.07, 6.45) is 2.68. The average molecular weight is 514 g/mol. The first kappa shape index (κ1) is 25.9. The number of sulfonamides is 2. The lowest BCUT2D eigenvalue weighted by Gasteiger charge is -2.28. The fraction of sp³-hybridized carbons (Fsp3) is 0.409. The van der Waals surface area contributed by atoms with Crippen molar-refractivity contribution in [1.29, 1.82) is 0 Å². The fourth-order valence-corrected chi connectivity index (χ4v) is 6.36. The number of ether oxygens (including phenoxy) is 1. The van der Waals surface area contributed by atoms with Crippen LogP contribution in [0, 0.1) is 5.82 Å². The summed E-state index contributed by atoms with van der Waals surface area (Å²) >= 11 is 0. The van der Waals surface area contributed by atoms with Crippen LogP contribution in [0.1, 0.15) is 19.8 Å². The largest absolute Gasteiger partial charge is 0.492 e. The molecular formula is C22H28FN3O6S2. The number of hydrogen-bond donors (Lipinski definition) is 1. The molecular weight excluding hydrogens is 485 g/mol. The molecule has 186 valence electrons. The van der Waals surface area contributed by atoms with E-state index in [1.807, 2.05) is 0 Å². The van der Waals surface area contributed by atoms with E-state index in [2.05, 4.69) is 5.32 Å². The van der Waals surface area contributed by atoms with Crippen LogP contribution in [0.15, 0.2) is 53.4 Å². The lowest BCUT2D eigenvalue weighted by molar-refractivity contribution is -0.121. The number of hydrogen-bond acceptors (Lipinski definition) is 6. The van der Waals surface area contributed by atoms with E-state index in [0.29, 0.717) is 18.8 Å². The zero-order chi connectivity index (χ0) is 24.9. The van der Waals surface area contributed by atoms with Crippen LogP contribution < -0.4 is 14.4 Å². The maximum Gasteiger partial charge on any atom is 0.243 e. The molecule has 1 N–H and O–H groups in total. The molecule has 1 aliphatic rings. The van der Waals surface area contributed by atoms with Crippen LogP contribution >= 0.6 is 0 Å². The smallest absolute Gasteiger partial charge is 0.243 e. The van der Waals surface area contributed by atoms with Crippen LogP contribution in [0.5, 0.6) is 5.75 Å². The topological polar surface area (TPSA) is 113 Å². The molecule has 0 aromatic heterocycles. The van der Waals surface area contributed by atoms with Gasteiger partial charge in [-0.05, 0) is 68.3 Å². The minimum Gasteiger partial charge on any atom is -0.492 e. The van der Waals surface area contributed by atoms with Crippen LogP contribution in [0.2, 0.25) is 0 Å². The molecule has 3 rings (SSSR count). The Morgan fingerprint density at radius 1 is 1.06 bits per heavy atom. The SMILES string of the molecule is C[C@@H](C(=O)NCCOc1ccc(S(=O)(=O)N2CCCC2)cc1)N(c1ccc(F)cc1)S(C)(=O)=O. The summed E-state index contributed by atoms with van der Waals surface area (Å²) in [5.74, 6) is -0.634. The van der Waals surface area contributed by atoms with Gasteiger partial charge in [0.25, 0.3) is 0 Å². The number of nitrogens with zero attached hydrogens (tertiary/aromatic N) is 2. The molecule has 12 heteroatoms. The number of nitrogens with one attached hydrogen (secondary N) is 1. The molecule has 1 saturated heterocycles. The number of benzene rings is 2. The van der Waals surface area contributed by atoms with Crippen LogP contribution in [0.4, 0.5) is 10.1 Å². The summed E-state index contributed by atoms with van der Waals surface area (Å²) in [6, 6.07) is 9.80. The Labute approximate surface area is 199 Å². The minimum absolute atomic E-state index is 0.0894. The molecule has 2 aromatic carbocycles. The fourth-order valence-electron chi connectivity index (χ4n) is 3.67. The highest BCUT2D eigenvalue weighted by Gasteiger charge is 2.29. The van der Waals surface area contributed by atoms with Gasteiger partial charge in [-0.25, -0.2) is 21.2 Å². The van der Waals surface area contributed by atoms with Gasteiger partial charge in [0.15, 0.2) is 0 Å². The predicted molar refractivity (Wildman–Crippen MR) is 126 cm³/mol. The summed E-state index contributed by atoms with van der Waals surface area (Å²) < 4.78 is 70.8. The third-order valence-corrected chi connectivity index (χ3v) is 8.52.